The number of amides is 1. The average molecular weight is 298 g/mol. The third-order valence-corrected chi connectivity index (χ3v) is 5.37. The van der Waals surface area contributed by atoms with Crippen LogP contribution in [0, 0.1) is 18.8 Å². The SMILES string of the molecule is Cc1cc2ccccc2n1CC(=O)N[C@@H]1CCC[C@@H](C)[C@H]1C. The maximum absolute atomic E-state index is 12.5. The van der Waals surface area contributed by atoms with E-state index in [4.69, 9.17) is 0 Å². The molecule has 3 atom stereocenters. The van der Waals surface area contributed by atoms with Gasteiger partial charge in [-0.25, -0.2) is 0 Å². The number of carbonyl (C=O) groups excluding carboxylic acids is 1. The van der Waals surface area contributed by atoms with Gasteiger partial charge in [0, 0.05) is 17.3 Å². The zero-order valence-electron chi connectivity index (χ0n) is 13.8. The molecule has 1 aromatic heterocycles. The molecule has 0 aliphatic heterocycles. The highest BCUT2D eigenvalue weighted by atomic mass is 16.2. The fourth-order valence-electron chi connectivity index (χ4n) is 3.74. The number of rotatable bonds is 3. The summed E-state index contributed by atoms with van der Waals surface area (Å²) in [6.07, 6.45) is 3.62. The summed E-state index contributed by atoms with van der Waals surface area (Å²) in [5.74, 6) is 1.41. The minimum Gasteiger partial charge on any atom is -0.352 e. The highest BCUT2D eigenvalue weighted by molar-refractivity contribution is 5.84. The topological polar surface area (TPSA) is 34.0 Å². The molecule has 1 fully saturated rings. The molecular weight excluding hydrogens is 272 g/mol. The third kappa shape index (κ3) is 2.90. The van der Waals surface area contributed by atoms with Crippen molar-refractivity contribution in [1.82, 2.24) is 9.88 Å². The molecule has 1 aliphatic carbocycles. The number of aromatic nitrogens is 1. The predicted octanol–water partition coefficient (Wildman–Crippen LogP) is 3.89. The summed E-state index contributed by atoms with van der Waals surface area (Å²) in [6, 6.07) is 10.7. The molecule has 1 amide bonds. The van der Waals surface area contributed by atoms with E-state index in [0.717, 1.165) is 17.6 Å². The van der Waals surface area contributed by atoms with E-state index in [1.54, 1.807) is 0 Å². The number of benzene rings is 1. The molecule has 118 valence electrons. The smallest absolute Gasteiger partial charge is 0.240 e. The molecule has 0 bridgehead atoms. The second-order valence-electron chi connectivity index (χ2n) is 6.87. The summed E-state index contributed by atoms with van der Waals surface area (Å²) >= 11 is 0. The van der Waals surface area contributed by atoms with Crippen molar-refractivity contribution in [1.29, 1.82) is 0 Å². The summed E-state index contributed by atoms with van der Waals surface area (Å²) in [5.41, 5.74) is 2.28. The van der Waals surface area contributed by atoms with E-state index in [2.05, 4.69) is 48.9 Å². The Kier molecular flexibility index (Phi) is 4.23. The molecule has 3 rings (SSSR count). The largest absolute Gasteiger partial charge is 0.352 e. The van der Waals surface area contributed by atoms with Crippen LogP contribution in [0.5, 0.6) is 0 Å². The highest BCUT2D eigenvalue weighted by Crippen LogP contribution is 2.29. The van der Waals surface area contributed by atoms with E-state index in [1.165, 1.54) is 18.2 Å². The van der Waals surface area contributed by atoms with E-state index in [0.29, 0.717) is 24.4 Å². The van der Waals surface area contributed by atoms with Crippen molar-refractivity contribution in [2.45, 2.75) is 52.6 Å². The van der Waals surface area contributed by atoms with Gasteiger partial charge in [-0.15, -0.1) is 0 Å². The maximum Gasteiger partial charge on any atom is 0.240 e. The quantitative estimate of drug-likeness (QED) is 0.916. The van der Waals surface area contributed by atoms with E-state index < -0.39 is 0 Å². The first-order valence-electron chi connectivity index (χ1n) is 8.40. The molecule has 0 spiro atoms. The first-order valence-corrected chi connectivity index (χ1v) is 8.40. The summed E-state index contributed by atoms with van der Waals surface area (Å²) in [5, 5.41) is 4.47. The Hall–Kier alpha value is -1.77. The van der Waals surface area contributed by atoms with Gasteiger partial charge in [-0.1, -0.05) is 44.9 Å². The number of para-hydroxylation sites is 1. The molecule has 3 heteroatoms. The second kappa shape index (κ2) is 6.15. The van der Waals surface area contributed by atoms with Gasteiger partial charge in [0.25, 0.3) is 0 Å². The van der Waals surface area contributed by atoms with Crippen LogP contribution in [0.25, 0.3) is 10.9 Å². The van der Waals surface area contributed by atoms with Crippen LogP contribution in [-0.2, 0) is 11.3 Å². The Morgan fingerprint density at radius 1 is 1.27 bits per heavy atom. The van der Waals surface area contributed by atoms with Gasteiger partial charge < -0.3 is 9.88 Å². The number of hydrogen-bond donors (Lipinski definition) is 1. The van der Waals surface area contributed by atoms with Crippen LogP contribution >= 0.6 is 0 Å². The molecule has 1 aromatic carbocycles. The molecule has 0 radical (unpaired) electrons. The number of hydrogen-bond acceptors (Lipinski definition) is 1. The Balaban J connectivity index is 1.72. The van der Waals surface area contributed by atoms with Gasteiger partial charge in [0.15, 0.2) is 0 Å². The lowest BCUT2D eigenvalue weighted by atomic mass is 9.78. The lowest BCUT2D eigenvalue weighted by Crippen LogP contribution is -2.44. The first-order chi connectivity index (χ1) is 10.6. The fourth-order valence-corrected chi connectivity index (χ4v) is 3.74. The fraction of sp³-hybridized carbons (Fsp3) is 0.526. The number of nitrogens with zero attached hydrogens (tertiary/aromatic N) is 1. The van der Waals surface area contributed by atoms with Crippen LogP contribution < -0.4 is 5.32 Å². The summed E-state index contributed by atoms with van der Waals surface area (Å²) < 4.78 is 2.11. The van der Waals surface area contributed by atoms with Crippen molar-refractivity contribution in [3.05, 3.63) is 36.0 Å². The molecule has 1 N–H and O–H groups in total. The van der Waals surface area contributed by atoms with Gasteiger partial charge >= 0.3 is 0 Å². The monoisotopic (exact) mass is 298 g/mol. The minimum absolute atomic E-state index is 0.135. The standard InChI is InChI=1S/C19H26N2O/c1-13-7-6-9-17(15(13)3)20-19(22)12-21-14(2)11-16-8-4-5-10-18(16)21/h4-5,8,10-11,13,15,17H,6-7,9,12H2,1-3H3,(H,20,22)/t13-,15-,17-/m1/s1. The summed E-state index contributed by atoms with van der Waals surface area (Å²) in [6.45, 7) is 7.05. The first kappa shape index (κ1) is 15.1. The number of aryl methyl sites for hydroxylation is 1. The zero-order chi connectivity index (χ0) is 15.7. The van der Waals surface area contributed by atoms with Gasteiger partial charge in [0.2, 0.25) is 5.91 Å². The normalized spacial score (nSPS) is 25.3. The van der Waals surface area contributed by atoms with Crippen LogP contribution in [0.1, 0.15) is 38.8 Å². The van der Waals surface area contributed by atoms with Crippen LogP contribution in [-0.4, -0.2) is 16.5 Å². The van der Waals surface area contributed by atoms with Gasteiger partial charge in [-0.2, -0.15) is 0 Å². The Morgan fingerprint density at radius 2 is 2.05 bits per heavy atom. The zero-order valence-corrected chi connectivity index (χ0v) is 13.8. The number of carbonyl (C=O) groups is 1. The molecule has 3 nitrogen and oxygen atoms in total. The molecular formula is C19H26N2O. The van der Waals surface area contributed by atoms with E-state index in [9.17, 15) is 4.79 Å². The Morgan fingerprint density at radius 3 is 2.86 bits per heavy atom. The van der Waals surface area contributed by atoms with Crippen molar-refractivity contribution in [2.75, 3.05) is 0 Å². The van der Waals surface area contributed by atoms with Gasteiger partial charge in [-0.3, -0.25) is 4.79 Å². The molecule has 22 heavy (non-hydrogen) atoms. The minimum atomic E-state index is 0.135. The van der Waals surface area contributed by atoms with Crippen molar-refractivity contribution in [3.63, 3.8) is 0 Å². The van der Waals surface area contributed by atoms with Crippen molar-refractivity contribution in [2.24, 2.45) is 11.8 Å². The predicted molar refractivity (Wildman–Crippen MR) is 90.8 cm³/mol. The molecule has 1 heterocycles. The highest BCUT2D eigenvalue weighted by Gasteiger charge is 2.28. The lowest BCUT2D eigenvalue weighted by Gasteiger charge is -2.34. The summed E-state index contributed by atoms with van der Waals surface area (Å²) in [4.78, 5) is 12.5. The van der Waals surface area contributed by atoms with Crippen molar-refractivity contribution >= 4 is 16.8 Å². The molecule has 2 aromatic rings. The van der Waals surface area contributed by atoms with Crippen LogP contribution in [0.3, 0.4) is 0 Å². The maximum atomic E-state index is 12.5. The van der Waals surface area contributed by atoms with Gasteiger partial charge in [0.05, 0.1) is 0 Å². The molecule has 1 saturated carbocycles. The van der Waals surface area contributed by atoms with E-state index >= 15 is 0 Å². The lowest BCUT2D eigenvalue weighted by molar-refractivity contribution is -0.123. The second-order valence-corrected chi connectivity index (χ2v) is 6.87. The van der Waals surface area contributed by atoms with Gasteiger partial charge in [0.1, 0.15) is 6.54 Å². The van der Waals surface area contributed by atoms with Crippen LogP contribution in [0.2, 0.25) is 0 Å². The summed E-state index contributed by atoms with van der Waals surface area (Å²) in [7, 11) is 0. The molecule has 0 saturated heterocycles. The van der Waals surface area contributed by atoms with E-state index in [1.807, 2.05) is 12.1 Å². The number of fused-ring (bicyclic) bond motifs is 1. The average Bonchev–Trinajstić information content (AvgIpc) is 2.80. The third-order valence-electron chi connectivity index (χ3n) is 5.37. The van der Waals surface area contributed by atoms with Crippen molar-refractivity contribution < 1.29 is 4.79 Å². The van der Waals surface area contributed by atoms with Crippen LogP contribution in [0.15, 0.2) is 30.3 Å². The van der Waals surface area contributed by atoms with Crippen LogP contribution in [0.4, 0.5) is 0 Å². The Bertz CT molecular complexity index is 673. The van der Waals surface area contributed by atoms with Gasteiger partial charge in [-0.05, 0) is 42.7 Å². The molecule has 1 aliphatic rings. The van der Waals surface area contributed by atoms with E-state index in [-0.39, 0.29) is 5.91 Å². The van der Waals surface area contributed by atoms with Crippen molar-refractivity contribution in [3.8, 4) is 0 Å². The Labute approximate surface area is 132 Å². The molecule has 0 unspecified atom stereocenters. The number of nitrogens with one attached hydrogen (secondary N) is 1.